The molecule has 2 fully saturated rings. The zero-order valence-corrected chi connectivity index (χ0v) is 12.2. The lowest BCUT2D eigenvalue weighted by Gasteiger charge is -2.42. The summed E-state index contributed by atoms with van der Waals surface area (Å²) in [6.07, 6.45) is 4.40. The molecular weight excluding hydrogens is 256 g/mol. The first-order chi connectivity index (χ1) is 9.72. The van der Waals surface area contributed by atoms with Crippen LogP contribution in [0, 0.1) is 6.92 Å². The lowest BCUT2D eigenvalue weighted by Crippen LogP contribution is -2.54. The van der Waals surface area contributed by atoms with Crippen molar-refractivity contribution in [2.75, 3.05) is 26.2 Å². The highest BCUT2D eigenvalue weighted by atomic mass is 16.5. The Kier molecular flexibility index (Phi) is 4.33. The minimum Gasteiger partial charge on any atom is -0.391 e. The van der Waals surface area contributed by atoms with Gasteiger partial charge >= 0.3 is 0 Å². The van der Waals surface area contributed by atoms with Crippen LogP contribution in [0.15, 0.2) is 4.52 Å². The third-order valence-electron chi connectivity index (χ3n) is 4.50. The van der Waals surface area contributed by atoms with E-state index < -0.39 is 0 Å². The summed E-state index contributed by atoms with van der Waals surface area (Å²) in [5.41, 5.74) is 0. The minimum absolute atomic E-state index is 0.131. The fourth-order valence-electron chi connectivity index (χ4n) is 3.37. The van der Waals surface area contributed by atoms with Crippen molar-refractivity contribution in [3.8, 4) is 0 Å². The van der Waals surface area contributed by atoms with Gasteiger partial charge in [0.2, 0.25) is 5.89 Å². The third kappa shape index (κ3) is 3.19. The van der Waals surface area contributed by atoms with E-state index in [0.29, 0.717) is 17.8 Å². The van der Waals surface area contributed by atoms with Gasteiger partial charge in [-0.25, -0.2) is 0 Å². The van der Waals surface area contributed by atoms with E-state index >= 15 is 0 Å². The smallest absolute Gasteiger partial charge is 0.240 e. The van der Waals surface area contributed by atoms with E-state index in [1.165, 1.54) is 12.8 Å². The van der Waals surface area contributed by atoms with Crippen molar-refractivity contribution in [3.63, 3.8) is 0 Å². The average Bonchev–Trinajstić information content (AvgIpc) is 2.86. The number of aliphatic hydroxyl groups excluding tert-OH is 1. The maximum absolute atomic E-state index is 10.1. The van der Waals surface area contributed by atoms with Crippen molar-refractivity contribution >= 4 is 0 Å². The molecule has 1 aliphatic carbocycles. The van der Waals surface area contributed by atoms with Crippen LogP contribution >= 0.6 is 0 Å². The van der Waals surface area contributed by atoms with Crippen LogP contribution in [0.5, 0.6) is 0 Å². The molecule has 1 aromatic heterocycles. The normalized spacial score (nSPS) is 29.7. The molecule has 1 aromatic rings. The molecule has 6 nitrogen and oxygen atoms in total. The van der Waals surface area contributed by atoms with Crippen LogP contribution in [0.2, 0.25) is 0 Å². The highest BCUT2D eigenvalue weighted by Crippen LogP contribution is 2.24. The summed E-state index contributed by atoms with van der Waals surface area (Å²) < 4.78 is 5.17. The molecule has 3 rings (SSSR count). The topological polar surface area (TPSA) is 65.6 Å². The molecular formula is C14H24N4O2. The molecule has 0 aromatic carbocycles. The summed E-state index contributed by atoms with van der Waals surface area (Å²) in [5.74, 6) is 1.40. The Morgan fingerprint density at radius 3 is 2.60 bits per heavy atom. The first-order valence-corrected chi connectivity index (χ1v) is 7.66. The standard InChI is InChI=1S/C14H24N4O2/c1-11-15-14(20-16-11)10-17-6-8-18(9-7-17)12-4-2-3-5-13(12)19/h12-13,19H,2-10H2,1H3. The Labute approximate surface area is 119 Å². The summed E-state index contributed by atoms with van der Waals surface area (Å²) in [6, 6.07) is 0.372. The summed E-state index contributed by atoms with van der Waals surface area (Å²) in [6.45, 7) is 6.64. The SMILES string of the molecule is Cc1noc(CN2CCN(C3CCCCC3O)CC2)n1. The van der Waals surface area contributed by atoms with Crippen molar-refractivity contribution in [1.82, 2.24) is 19.9 Å². The van der Waals surface area contributed by atoms with Crippen LogP contribution < -0.4 is 0 Å². The molecule has 0 radical (unpaired) electrons. The quantitative estimate of drug-likeness (QED) is 0.883. The molecule has 1 aliphatic heterocycles. The Morgan fingerprint density at radius 1 is 1.20 bits per heavy atom. The summed E-state index contributed by atoms with van der Waals surface area (Å²) in [7, 11) is 0. The van der Waals surface area contributed by atoms with Crippen molar-refractivity contribution in [1.29, 1.82) is 0 Å². The number of aliphatic hydroxyl groups is 1. The number of rotatable bonds is 3. The van der Waals surface area contributed by atoms with Gasteiger partial charge in [0.1, 0.15) is 0 Å². The van der Waals surface area contributed by atoms with Gasteiger partial charge in [0.05, 0.1) is 12.6 Å². The molecule has 2 heterocycles. The maximum Gasteiger partial charge on any atom is 0.240 e. The van der Waals surface area contributed by atoms with E-state index in [4.69, 9.17) is 4.52 Å². The Balaban J connectivity index is 1.49. The number of hydrogen-bond donors (Lipinski definition) is 1. The first-order valence-electron chi connectivity index (χ1n) is 7.66. The fourth-order valence-corrected chi connectivity index (χ4v) is 3.37. The Hall–Kier alpha value is -0.980. The molecule has 112 valence electrons. The molecule has 1 saturated carbocycles. The van der Waals surface area contributed by atoms with E-state index in [1.807, 2.05) is 6.92 Å². The highest BCUT2D eigenvalue weighted by Gasteiger charge is 2.31. The number of nitrogens with zero attached hydrogens (tertiary/aromatic N) is 4. The van der Waals surface area contributed by atoms with Gasteiger partial charge in [-0.2, -0.15) is 4.98 Å². The monoisotopic (exact) mass is 280 g/mol. The molecule has 0 bridgehead atoms. The molecule has 2 atom stereocenters. The van der Waals surface area contributed by atoms with Gasteiger partial charge in [-0.1, -0.05) is 18.0 Å². The largest absolute Gasteiger partial charge is 0.391 e. The second-order valence-electron chi connectivity index (χ2n) is 5.97. The lowest BCUT2D eigenvalue weighted by molar-refractivity contribution is -0.00604. The van der Waals surface area contributed by atoms with Crippen LogP contribution in [-0.4, -0.2) is 63.4 Å². The van der Waals surface area contributed by atoms with E-state index in [-0.39, 0.29) is 6.10 Å². The molecule has 1 N–H and O–H groups in total. The van der Waals surface area contributed by atoms with E-state index in [1.54, 1.807) is 0 Å². The number of hydrogen-bond acceptors (Lipinski definition) is 6. The van der Waals surface area contributed by atoms with Crippen molar-refractivity contribution in [2.24, 2.45) is 0 Å². The van der Waals surface area contributed by atoms with Gasteiger partial charge < -0.3 is 9.63 Å². The van der Waals surface area contributed by atoms with Gasteiger partial charge in [-0.15, -0.1) is 0 Å². The molecule has 0 amide bonds. The van der Waals surface area contributed by atoms with E-state index in [2.05, 4.69) is 19.9 Å². The van der Waals surface area contributed by atoms with E-state index in [0.717, 1.165) is 45.6 Å². The molecule has 6 heteroatoms. The van der Waals surface area contributed by atoms with Gasteiger partial charge in [-0.05, 0) is 19.8 Å². The minimum atomic E-state index is -0.131. The van der Waals surface area contributed by atoms with Gasteiger partial charge in [0.25, 0.3) is 0 Å². The molecule has 1 saturated heterocycles. The molecule has 2 unspecified atom stereocenters. The van der Waals surface area contributed by atoms with Gasteiger partial charge in [0.15, 0.2) is 5.82 Å². The second-order valence-corrected chi connectivity index (χ2v) is 5.97. The molecule has 20 heavy (non-hydrogen) atoms. The fraction of sp³-hybridized carbons (Fsp3) is 0.857. The van der Waals surface area contributed by atoms with Crippen molar-refractivity contribution in [3.05, 3.63) is 11.7 Å². The molecule has 0 spiro atoms. The number of aromatic nitrogens is 2. The Bertz CT molecular complexity index is 429. The van der Waals surface area contributed by atoms with Crippen LogP contribution in [0.1, 0.15) is 37.4 Å². The van der Waals surface area contributed by atoms with Gasteiger partial charge in [0, 0.05) is 32.2 Å². The summed E-state index contributed by atoms with van der Waals surface area (Å²) in [4.78, 5) is 9.06. The number of aryl methyl sites for hydroxylation is 1. The maximum atomic E-state index is 10.1. The predicted octanol–water partition coefficient (Wildman–Crippen LogP) is 0.799. The van der Waals surface area contributed by atoms with Gasteiger partial charge in [-0.3, -0.25) is 9.80 Å². The van der Waals surface area contributed by atoms with Crippen LogP contribution in [0.3, 0.4) is 0 Å². The van der Waals surface area contributed by atoms with Crippen molar-refractivity contribution < 1.29 is 9.63 Å². The lowest BCUT2D eigenvalue weighted by atomic mass is 9.91. The predicted molar refractivity (Wildman–Crippen MR) is 74.1 cm³/mol. The second kappa shape index (κ2) is 6.20. The highest BCUT2D eigenvalue weighted by molar-refractivity contribution is 4.88. The number of piperazine rings is 1. The first kappa shape index (κ1) is 14.0. The van der Waals surface area contributed by atoms with Crippen molar-refractivity contribution in [2.45, 2.75) is 51.3 Å². The zero-order chi connectivity index (χ0) is 13.9. The summed E-state index contributed by atoms with van der Waals surface area (Å²) >= 11 is 0. The van der Waals surface area contributed by atoms with Crippen LogP contribution in [-0.2, 0) is 6.54 Å². The van der Waals surface area contributed by atoms with E-state index in [9.17, 15) is 5.11 Å². The molecule has 2 aliphatic rings. The zero-order valence-electron chi connectivity index (χ0n) is 12.2. The summed E-state index contributed by atoms with van der Waals surface area (Å²) in [5, 5.41) is 14.0. The Morgan fingerprint density at radius 2 is 1.95 bits per heavy atom. The third-order valence-corrected chi connectivity index (χ3v) is 4.50. The average molecular weight is 280 g/mol. The van der Waals surface area contributed by atoms with Crippen LogP contribution in [0.4, 0.5) is 0 Å². The van der Waals surface area contributed by atoms with Crippen LogP contribution in [0.25, 0.3) is 0 Å².